The minimum Gasteiger partial charge on any atom is -0.329 e. The number of hydrogen-bond donors (Lipinski definition) is 0. The van der Waals surface area contributed by atoms with Gasteiger partial charge in [-0.3, -0.25) is 0 Å². The Balaban J connectivity index is 4.46. The Morgan fingerprint density at radius 2 is 1.00 bits per heavy atom. The van der Waals surface area contributed by atoms with Crippen molar-refractivity contribution in [3.63, 3.8) is 0 Å². The molecule has 0 saturated heterocycles. The van der Waals surface area contributed by atoms with Crippen LogP contribution in [0.2, 0.25) is 18.1 Å². The molecule has 0 fully saturated rings. The van der Waals surface area contributed by atoms with E-state index in [1.54, 1.807) is 0 Å². The molecule has 98 valence electrons. The fraction of sp³-hybridized carbons (Fsp3) is 1.00. The van der Waals surface area contributed by atoms with E-state index in [0.717, 1.165) is 0 Å². The van der Waals surface area contributed by atoms with E-state index in [2.05, 4.69) is 39.4 Å². The first kappa shape index (κ1) is 16.2. The van der Waals surface area contributed by atoms with Crippen molar-refractivity contribution in [2.45, 2.75) is 77.4 Å². The summed E-state index contributed by atoms with van der Waals surface area (Å²) >= 11 is 0. The third-order valence-electron chi connectivity index (χ3n) is 3.94. The molecule has 16 heavy (non-hydrogen) atoms. The first-order valence-electron chi connectivity index (χ1n) is 7.30. The monoisotopic (exact) mass is 243 g/mol. The van der Waals surface area contributed by atoms with Crippen LogP contribution in [0.25, 0.3) is 0 Å². The predicted octanol–water partition coefficient (Wildman–Crippen LogP) is 4.89. The van der Waals surface area contributed by atoms with Gasteiger partial charge in [0.05, 0.1) is 0 Å². The third kappa shape index (κ3) is 5.49. The summed E-state index contributed by atoms with van der Waals surface area (Å²) in [6.07, 6.45) is 8.41. The van der Waals surface area contributed by atoms with Gasteiger partial charge in [0.1, 0.15) is 8.24 Å². The summed E-state index contributed by atoms with van der Waals surface area (Å²) in [4.78, 5) is 0. The van der Waals surface area contributed by atoms with Crippen LogP contribution in [0.5, 0.6) is 0 Å². The van der Waals surface area contributed by atoms with Crippen LogP contribution in [0.1, 0.15) is 59.3 Å². The zero-order chi connectivity index (χ0) is 12.4. The Hall–Kier alpha value is 0.177. The largest absolute Gasteiger partial charge is 0.329 e. The lowest BCUT2D eigenvalue weighted by molar-refractivity contribution is 0.574. The Labute approximate surface area is 105 Å². The van der Waals surface area contributed by atoms with Gasteiger partial charge >= 0.3 is 0 Å². The van der Waals surface area contributed by atoms with Crippen LogP contribution in [0.3, 0.4) is 0 Å². The summed E-state index contributed by atoms with van der Waals surface area (Å²) in [6.45, 7) is 6.98. The molecule has 0 bridgehead atoms. The van der Waals surface area contributed by atoms with Gasteiger partial charge < -0.3 is 4.57 Å². The number of unbranched alkanes of at least 4 members (excludes halogenated alkanes) is 3. The molecule has 0 heterocycles. The van der Waals surface area contributed by atoms with Crippen molar-refractivity contribution in [2.75, 3.05) is 14.1 Å². The molecule has 0 aliphatic carbocycles. The molecule has 0 aromatic heterocycles. The Bertz CT molecular complexity index is 135. The van der Waals surface area contributed by atoms with Crippen LogP contribution in [0, 0.1) is 0 Å². The van der Waals surface area contributed by atoms with Crippen molar-refractivity contribution >= 4 is 8.24 Å². The standard InChI is InChI=1S/C14H33NSi/c1-6-9-12-16(15(4)5,13-10-7-2)14-11-8-3/h6-14H2,1-5H3. The highest BCUT2D eigenvalue weighted by molar-refractivity contribution is 6.77. The van der Waals surface area contributed by atoms with E-state index in [9.17, 15) is 0 Å². The molecule has 0 radical (unpaired) electrons. The summed E-state index contributed by atoms with van der Waals surface area (Å²) in [5, 5.41) is 0. The second-order valence-corrected chi connectivity index (χ2v) is 10.3. The summed E-state index contributed by atoms with van der Waals surface area (Å²) in [5.74, 6) is 0. The van der Waals surface area contributed by atoms with Crippen LogP contribution >= 0.6 is 0 Å². The molecule has 1 nitrogen and oxygen atoms in total. The molecule has 0 rings (SSSR count). The smallest absolute Gasteiger partial charge is 0.127 e. The van der Waals surface area contributed by atoms with Crippen molar-refractivity contribution in [2.24, 2.45) is 0 Å². The quantitative estimate of drug-likeness (QED) is 0.494. The highest BCUT2D eigenvalue weighted by Gasteiger charge is 2.33. The Morgan fingerprint density at radius 1 is 0.688 bits per heavy atom. The maximum Gasteiger partial charge on any atom is 0.127 e. The van der Waals surface area contributed by atoms with E-state index in [-0.39, 0.29) is 0 Å². The lowest BCUT2D eigenvalue weighted by Gasteiger charge is -2.38. The predicted molar refractivity (Wildman–Crippen MR) is 78.6 cm³/mol. The minimum absolute atomic E-state index is 1.10. The average molecular weight is 244 g/mol. The lowest BCUT2D eigenvalue weighted by Crippen LogP contribution is -2.49. The molecule has 0 aromatic carbocycles. The molecule has 2 heteroatoms. The first-order chi connectivity index (χ1) is 7.63. The van der Waals surface area contributed by atoms with Gasteiger partial charge in [0.25, 0.3) is 0 Å². The number of rotatable bonds is 10. The van der Waals surface area contributed by atoms with E-state index in [1.807, 2.05) is 0 Å². The molecule has 0 spiro atoms. The van der Waals surface area contributed by atoms with Crippen LogP contribution < -0.4 is 0 Å². The van der Waals surface area contributed by atoms with Gasteiger partial charge in [-0.05, 0) is 32.2 Å². The molecule has 0 saturated carbocycles. The topological polar surface area (TPSA) is 3.24 Å². The maximum absolute atomic E-state index is 2.65. The van der Waals surface area contributed by atoms with E-state index >= 15 is 0 Å². The fourth-order valence-electron chi connectivity index (χ4n) is 2.56. The molecule has 0 amide bonds. The molecule has 0 unspecified atom stereocenters. The highest BCUT2D eigenvalue weighted by Crippen LogP contribution is 2.29. The van der Waals surface area contributed by atoms with Crippen molar-refractivity contribution in [3.8, 4) is 0 Å². The molecular formula is C14H33NSi. The van der Waals surface area contributed by atoms with Crippen LogP contribution in [-0.4, -0.2) is 26.9 Å². The second-order valence-electron chi connectivity index (χ2n) is 5.43. The maximum atomic E-state index is 2.65. The SMILES string of the molecule is CCCC[Si](CCCC)(CCCC)N(C)C. The fourth-order valence-corrected chi connectivity index (χ4v) is 7.69. The molecule has 0 aromatic rings. The van der Waals surface area contributed by atoms with Crippen LogP contribution in [0.15, 0.2) is 0 Å². The third-order valence-corrected chi connectivity index (χ3v) is 9.69. The summed E-state index contributed by atoms with van der Waals surface area (Å²) in [7, 11) is 3.58. The molecule has 0 N–H and O–H groups in total. The van der Waals surface area contributed by atoms with Gasteiger partial charge in [0.15, 0.2) is 0 Å². The summed E-state index contributed by atoms with van der Waals surface area (Å²) in [5.41, 5.74) is 0. The van der Waals surface area contributed by atoms with Crippen molar-refractivity contribution in [3.05, 3.63) is 0 Å². The van der Waals surface area contributed by atoms with E-state index < -0.39 is 8.24 Å². The second kappa shape index (κ2) is 9.23. The van der Waals surface area contributed by atoms with Gasteiger partial charge in [0, 0.05) is 0 Å². The van der Waals surface area contributed by atoms with Crippen molar-refractivity contribution < 1.29 is 0 Å². The van der Waals surface area contributed by atoms with Crippen molar-refractivity contribution in [1.82, 2.24) is 4.57 Å². The first-order valence-corrected chi connectivity index (χ1v) is 9.87. The van der Waals surface area contributed by atoms with Crippen LogP contribution in [0.4, 0.5) is 0 Å². The van der Waals surface area contributed by atoms with Crippen LogP contribution in [-0.2, 0) is 0 Å². The molecular weight excluding hydrogens is 210 g/mol. The Morgan fingerprint density at radius 3 is 1.19 bits per heavy atom. The zero-order valence-electron chi connectivity index (χ0n) is 12.3. The van der Waals surface area contributed by atoms with E-state index in [0.29, 0.717) is 0 Å². The van der Waals surface area contributed by atoms with Gasteiger partial charge in [-0.2, -0.15) is 0 Å². The average Bonchev–Trinajstić information content (AvgIpc) is 2.28. The number of hydrogen-bond acceptors (Lipinski definition) is 1. The molecule has 0 aliphatic rings. The summed E-state index contributed by atoms with van der Waals surface area (Å²) < 4.78 is 2.65. The Kier molecular flexibility index (Phi) is 9.33. The summed E-state index contributed by atoms with van der Waals surface area (Å²) in [6, 6.07) is 4.57. The van der Waals surface area contributed by atoms with E-state index in [4.69, 9.17) is 0 Å². The normalized spacial score (nSPS) is 12.4. The lowest BCUT2D eigenvalue weighted by atomic mass is 10.4. The van der Waals surface area contributed by atoms with Gasteiger partial charge in [-0.1, -0.05) is 59.3 Å². The highest BCUT2D eigenvalue weighted by atomic mass is 28.3. The van der Waals surface area contributed by atoms with Gasteiger partial charge in [-0.15, -0.1) is 0 Å². The molecule has 0 aliphatic heterocycles. The number of nitrogens with zero attached hydrogens (tertiary/aromatic N) is 1. The zero-order valence-corrected chi connectivity index (χ0v) is 13.3. The van der Waals surface area contributed by atoms with Gasteiger partial charge in [-0.25, -0.2) is 0 Å². The van der Waals surface area contributed by atoms with E-state index in [1.165, 1.54) is 56.7 Å². The van der Waals surface area contributed by atoms with Crippen molar-refractivity contribution in [1.29, 1.82) is 0 Å². The van der Waals surface area contributed by atoms with Gasteiger partial charge in [0.2, 0.25) is 0 Å². The molecule has 0 atom stereocenters. The minimum atomic E-state index is -1.10.